The summed E-state index contributed by atoms with van der Waals surface area (Å²) >= 11 is 0. The third-order valence-corrected chi connectivity index (χ3v) is 4.36. The molecule has 1 nitrogen and oxygen atoms in total. The highest BCUT2D eigenvalue weighted by atomic mass is 14.9. The van der Waals surface area contributed by atoms with Crippen LogP contribution in [0.2, 0.25) is 0 Å². The molecule has 0 saturated heterocycles. The van der Waals surface area contributed by atoms with E-state index in [0.717, 1.165) is 19.0 Å². The highest BCUT2D eigenvalue weighted by molar-refractivity contribution is 5.40. The molecule has 0 fully saturated rings. The van der Waals surface area contributed by atoms with Crippen molar-refractivity contribution in [3.8, 4) is 0 Å². The summed E-state index contributed by atoms with van der Waals surface area (Å²) in [5.41, 5.74) is 4.81. The van der Waals surface area contributed by atoms with Gasteiger partial charge in [0.05, 0.1) is 0 Å². The van der Waals surface area contributed by atoms with Gasteiger partial charge in [-0.15, -0.1) is 0 Å². The average molecular weight is 241 g/mol. The van der Waals surface area contributed by atoms with Crippen molar-refractivity contribution in [2.45, 2.75) is 44.4 Å². The van der Waals surface area contributed by atoms with E-state index in [4.69, 9.17) is 0 Å². The van der Waals surface area contributed by atoms with Crippen molar-refractivity contribution >= 4 is 0 Å². The zero-order chi connectivity index (χ0) is 12.2. The minimum Gasteiger partial charge on any atom is -0.316 e. The molecule has 0 amide bonds. The molecule has 2 aliphatic rings. The number of rotatable bonds is 5. The maximum absolute atomic E-state index is 3.63. The monoisotopic (exact) mass is 241 g/mol. The lowest BCUT2D eigenvalue weighted by Crippen LogP contribution is -2.29. The number of nitrogens with one attached hydrogen (secondary N) is 1. The predicted molar refractivity (Wildman–Crippen MR) is 76.9 cm³/mol. The van der Waals surface area contributed by atoms with Crippen LogP contribution < -0.4 is 5.32 Å². The fraction of sp³-hybridized carbons (Fsp3) is 0.529. The SMILES string of the molecule is C1=C(CCNCC2Cc3ccccc32)CCCC1. The van der Waals surface area contributed by atoms with Crippen LogP contribution >= 0.6 is 0 Å². The Morgan fingerprint density at radius 3 is 2.94 bits per heavy atom. The standard InChI is InChI=1S/C17H23N/c1-2-6-14(7-3-1)10-11-18-13-16-12-15-8-4-5-9-17(15)16/h4-6,8-9,16,18H,1-3,7,10-13H2. The third kappa shape index (κ3) is 2.67. The topological polar surface area (TPSA) is 12.0 Å². The summed E-state index contributed by atoms with van der Waals surface area (Å²) < 4.78 is 0. The van der Waals surface area contributed by atoms with Gasteiger partial charge < -0.3 is 5.32 Å². The number of fused-ring (bicyclic) bond motifs is 1. The average Bonchev–Trinajstić information content (AvgIpc) is 2.40. The van der Waals surface area contributed by atoms with Crippen molar-refractivity contribution in [3.63, 3.8) is 0 Å². The summed E-state index contributed by atoms with van der Waals surface area (Å²) in [5, 5.41) is 3.63. The van der Waals surface area contributed by atoms with Crippen LogP contribution in [-0.2, 0) is 6.42 Å². The van der Waals surface area contributed by atoms with Gasteiger partial charge in [-0.05, 0) is 56.2 Å². The third-order valence-electron chi connectivity index (χ3n) is 4.36. The Bertz CT molecular complexity index is 433. The molecule has 1 N–H and O–H groups in total. The molecule has 0 aliphatic heterocycles. The fourth-order valence-corrected chi connectivity index (χ4v) is 3.20. The number of hydrogen-bond donors (Lipinski definition) is 1. The van der Waals surface area contributed by atoms with Gasteiger partial charge in [-0.2, -0.15) is 0 Å². The van der Waals surface area contributed by atoms with Gasteiger partial charge >= 0.3 is 0 Å². The molecule has 2 aliphatic carbocycles. The summed E-state index contributed by atoms with van der Waals surface area (Å²) in [6, 6.07) is 8.86. The molecule has 1 aromatic rings. The van der Waals surface area contributed by atoms with Crippen LogP contribution in [0.25, 0.3) is 0 Å². The highest BCUT2D eigenvalue weighted by Gasteiger charge is 2.24. The van der Waals surface area contributed by atoms with Gasteiger partial charge in [0.2, 0.25) is 0 Å². The van der Waals surface area contributed by atoms with Crippen LogP contribution in [0, 0.1) is 0 Å². The Hall–Kier alpha value is -1.08. The molecule has 0 saturated carbocycles. The van der Waals surface area contributed by atoms with Crippen molar-refractivity contribution < 1.29 is 0 Å². The van der Waals surface area contributed by atoms with E-state index in [2.05, 4.69) is 35.7 Å². The molecule has 0 radical (unpaired) electrons. The first-order chi connectivity index (χ1) is 8.93. The van der Waals surface area contributed by atoms with Gasteiger partial charge in [-0.1, -0.05) is 35.9 Å². The summed E-state index contributed by atoms with van der Waals surface area (Å²) in [5.74, 6) is 0.765. The van der Waals surface area contributed by atoms with E-state index in [0.29, 0.717) is 0 Å². The van der Waals surface area contributed by atoms with E-state index < -0.39 is 0 Å². The van der Waals surface area contributed by atoms with Crippen LogP contribution in [0.5, 0.6) is 0 Å². The zero-order valence-electron chi connectivity index (χ0n) is 11.1. The Morgan fingerprint density at radius 1 is 1.17 bits per heavy atom. The molecule has 1 aromatic carbocycles. The molecule has 3 rings (SSSR count). The van der Waals surface area contributed by atoms with Crippen LogP contribution in [0.4, 0.5) is 0 Å². The molecule has 0 spiro atoms. The van der Waals surface area contributed by atoms with Gasteiger partial charge in [-0.25, -0.2) is 0 Å². The minimum absolute atomic E-state index is 0.765. The van der Waals surface area contributed by atoms with Crippen LogP contribution in [0.3, 0.4) is 0 Å². The smallest absolute Gasteiger partial charge is 0.00235 e. The van der Waals surface area contributed by atoms with E-state index in [1.807, 2.05) is 0 Å². The zero-order valence-corrected chi connectivity index (χ0v) is 11.1. The van der Waals surface area contributed by atoms with Gasteiger partial charge in [0.1, 0.15) is 0 Å². The van der Waals surface area contributed by atoms with E-state index in [9.17, 15) is 0 Å². The van der Waals surface area contributed by atoms with Crippen molar-refractivity contribution in [3.05, 3.63) is 47.0 Å². The summed E-state index contributed by atoms with van der Waals surface area (Å²) in [4.78, 5) is 0. The molecule has 18 heavy (non-hydrogen) atoms. The second kappa shape index (κ2) is 5.71. The predicted octanol–water partition coefficient (Wildman–Crippen LogP) is 3.81. The molecule has 96 valence electrons. The molecule has 1 atom stereocenters. The largest absolute Gasteiger partial charge is 0.316 e. The summed E-state index contributed by atoms with van der Waals surface area (Å²) in [6.45, 7) is 2.31. The second-order valence-corrected chi connectivity index (χ2v) is 5.66. The Balaban J connectivity index is 1.38. The lowest BCUT2D eigenvalue weighted by atomic mass is 9.77. The molecular weight excluding hydrogens is 218 g/mol. The lowest BCUT2D eigenvalue weighted by Gasteiger charge is -2.30. The normalized spacial score (nSPS) is 22.0. The van der Waals surface area contributed by atoms with E-state index in [-0.39, 0.29) is 0 Å². The molecule has 0 aromatic heterocycles. The molecular formula is C17H23N. The van der Waals surface area contributed by atoms with Crippen LogP contribution in [0.15, 0.2) is 35.9 Å². The first kappa shape index (κ1) is 12.0. The Morgan fingerprint density at radius 2 is 2.11 bits per heavy atom. The van der Waals surface area contributed by atoms with Gasteiger partial charge in [0.25, 0.3) is 0 Å². The minimum atomic E-state index is 0.765. The summed E-state index contributed by atoms with van der Waals surface area (Å²) in [7, 11) is 0. The fourth-order valence-electron chi connectivity index (χ4n) is 3.20. The van der Waals surface area contributed by atoms with Crippen molar-refractivity contribution in [1.82, 2.24) is 5.32 Å². The lowest BCUT2D eigenvalue weighted by molar-refractivity contribution is 0.532. The Kier molecular flexibility index (Phi) is 3.80. The van der Waals surface area contributed by atoms with Crippen LogP contribution in [0.1, 0.15) is 49.1 Å². The van der Waals surface area contributed by atoms with Gasteiger partial charge in [0, 0.05) is 12.5 Å². The molecule has 1 heteroatoms. The van der Waals surface area contributed by atoms with Crippen molar-refractivity contribution in [2.75, 3.05) is 13.1 Å². The maximum Gasteiger partial charge on any atom is 0.00235 e. The van der Waals surface area contributed by atoms with Crippen molar-refractivity contribution in [2.24, 2.45) is 0 Å². The van der Waals surface area contributed by atoms with E-state index >= 15 is 0 Å². The quantitative estimate of drug-likeness (QED) is 0.610. The maximum atomic E-state index is 3.63. The molecule has 0 bridgehead atoms. The summed E-state index contributed by atoms with van der Waals surface area (Å²) in [6.07, 6.45) is 10.4. The van der Waals surface area contributed by atoms with Gasteiger partial charge in [-0.3, -0.25) is 0 Å². The molecule has 1 unspecified atom stereocenters. The molecule has 0 heterocycles. The first-order valence-electron chi connectivity index (χ1n) is 7.40. The van der Waals surface area contributed by atoms with E-state index in [1.165, 1.54) is 38.5 Å². The number of hydrogen-bond acceptors (Lipinski definition) is 1. The van der Waals surface area contributed by atoms with E-state index in [1.54, 1.807) is 16.7 Å². The number of benzene rings is 1. The second-order valence-electron chi connectivity index (χ2n) is 5.66. The van der Waals surface area contributed by atoms with Crippen LogP contribution in [-0.4, -0.2) is 13.1 Å². The first-order valence-corrected chi connectivity index (χ1v) is 7.40. The van der Waals surface area contributed by atoms with Gasteiger partial charge in [0.15, 0.2) is 0 Å². The van der Waals surface area contributed by atoms with Crippen molar-refractivity contribution in [1.29, 1.82) is 0 Å². The highest BCUT2D eigenvalue weighted by Crippen LogP contribution is 2.33. The Labute approximate surface area is 110 Å². The number of allylic oxidation sites excluding steroid dienone is 1.